The van der Waals surface area contributed by atoms with Gasteiger partial charge >= 0.3 is 6.18 Å². The number of alkyl halides is 3. The predicted octanol–water partition coefficient (Wildman–Crippen LogP) is 5.78. The van der Waals surface area contributed by atoms with Gasteiger partial charge in [-0.2, -0.15) is 13.2 Å². The number of amides is 2. The van der Waals surface area contributed by atoms with E-state index < -0.39 is 23.1 Å². The molecular formula is C25H22F3N5O3. The molecule has 2 aromatic heterocycles. The molecule has 4 rings (SSSR count). The fourth-order valence-corrected chi connectivity index (χ4v) is 3.08. The summed E-state index contributed by atoms with van der Waals surface area (Å²) in [6.45, 7) is 5.37. The van der Waals surface area contributed by atoms with Crippen molar-refractivity contribution in [2.24, 2.45) is 5.41 Å². The number of hydrogen-bond donors (Lipinski definition) is 2. The highest BCUT2D eigenvalue weighted by atomic mass is 19.4. The minimum Gasteiger partial charge on any atom is -0.438 e. The van der Waals surface area contributed by atoms with Gasteiger partial charge < -0.3 is 15.4 Å². The van der Waals surface area contributed by atoms with E-state index in [1.54, 1.807) is 57.3 Å². The lowest BCUT2D eigenvalue weighted by Crippen LogP contribution is -2.27. The molecule has 0 saturated carbocycles. The summed E-state index contributed by atoms with van der Waals surface area (Å²) in [6, 6.07) is 13.8. The summed E-state index contributed by atoms with van der Waals surface area (Å²) in [4.78, 5) is 29.0. The zero-order valence-corrected chi connectivity index (χ0v) is 19.6. The fourth-order valence-electron chi connectivity index (χ4n) is 3.08. The number of fused-ring (bicyclic) bond motifs is 1. The van der Waals surface area contributed by atoms with Crippen LogP contribution in [0.15, 0.2) is 66.9 Å². The summed E-state index contributed by atoms with van der Waals surface area (Å²) < 4.78 is 46.1. The van der Waals surface area contributed by atoms with Crippen molar-refractivity contribution in [3.63, 3.8) is 0 Å². The molecule has 0 aliphatic carbocycles. The predicted molar refractivity (Wildman–Crippen MR) is 127 cm³/mol. The van der Waals surface area contributed by atoms with Crippen molar-refractivity contribution in [2.75, 3.05) is 10.6 Å². The highest BCUT2D eigenvalue weighted by Gasteiger charge is 2.31. The molecule has 0 radical (unpaired) electrons. The van der Waals surface area contributed by atoms with Crippen LogP contribution in [0.3, 0.4) is 0 Å². The summed E-state index contributed by atoms with van der Waals surface area (Å²) in [6.07, 6.45) is -3.00. The Hall–Kier alpha value is -4.41. The zero-order valence-electron chi connectivity index (χ0n) is 19.6. The summed E-state index contributed by atoms with van der Waals surface area (Å²) in [5, 5.41) is 9.62. The SMILES string of the molecule is CC(C)(C)C(=O)Nc1cn2nc(Oc3cccc(NC(=O)c4cccc(C(F)(F)F)c4)c3)ccc2n1. The van der Waals surface area contributed by atoms with Gasteiger partial charge in [-0.1, -0.05) is 32.9 Å². The molecule has 36 heavy (non-hydrogen) atoms. The Morgan fingerprint density at radius 2 is 1.69 bits per heavy atom. The quantitative estimate of drug-likeness (QED) is 0.364. The smallest absolute Gasteiger partial charge is 0.416 e. The largest absolute Gasteiger partial charge is 0.438 e. The van der Waals surface area contributed by atoms with Crippen LogP contribution in [0, 0.1) is 5.41 Å². The van der Waals surface area contributed by atoms with Crippen LogP contribution in [0.4, 0.5) is 24.7 Å². The van der Waals surface area contributed by atoms with Crippen molar-refractivity contribution in [3.8, 4) is 11.6 Å². The lowest BCUT2D eigenvalue weighted by Gasteiger charge is -2.15. The normalized spacial score (nSPS) is 11.8. The van der Waals surface area contributed by atoms with E-state index in [9.17, 15) is 22.8 Å². The van der Waals surface area contributed by atoms with Crippen LogP contribution in [0.5, 0.6) is 11.6 Å². The van der Waals surface area contributed by atoms with Gasteiger partial charge in [0, 0.05) is 28.8 Å². The van der Waals surface area contributed by atoms with Gasteiger partial charge in [-0.3, -0.25) is 9.59 Å². The van der Waals surface area contributed by atoms with Crippen molar-refractivity contribution >= 4 is 29.0 Å². The number of nitrogens with one attached hydrogen (secondary N) is 2. The van der Waals surface area contributed by atoms with Crippen molar-refractivity contribution in [3.05, 3.63) is 78.0 Å². The molecule has 2 amide bonds. The number of rotatable bonds is 5. The Morgan fingerprint density at radius 1 is 0.944 bits per heavy atom. The first kappa shape index (κ1) is 24.7. The number of hydrogen-bond acceptors (Lipinski definition) is 5. The van der Waals surface area contributed by atoms with E-state index in [1.807, 2.05) is 0 Å². The molecular weight excluding hydrogens is 475 g/mol. The number of imidazole rings is 1. The lowest BCUT2D eigenvalue weighted by atomic mass is 9.96. The third kappa shape index (κ3) is 5.80. The molecule has 0 aliphatic rings. The van der Waals surface area contributed by atoms with Crippen molar-refractivity contribution < 1.29 is 27.5 Å². The summed E-state index contributed by atoms with van der Waals surface area (Å²) in [7, 11) is 0. The van der Waals surface area contributed by atoms with E-state index in [0.717, 1.165) is 12.1 Å². The second-order valence-corrected chi connectivity index (χ2v) is 8.97. The van der Waals surface area contributed by atoms with Gasteiger partial charge in [-0.05, 0) is 36.4 Å². The Morgan fingerprint density at radius 3 is 2.42 bits per heavy atom. The monoisotopic (exact) mass is 497 g/mol. The Labute approximate surface area is 204 Å². The van der Waals surface area contributed by atoms with Crippen LogP contribution in [0.25, 0.3) is 5.65 Å². The van der Waals surface area contributed by atoms with E-state index in [-0.39, 0.29) is 17.4 Å². The minimum absolute atomic E-state index is 0.127. The number of aromatic nitrogens is 3. The van der Waals surface area contributed by atoms with E-state index in [1.165, 1.54) is 22.7 Å². The fraction of sp³-hybridized carbons (Fsp3) is 0.200. The van der Waals surface area contributed by atoms with Gasteiger partial charge in [0.2, 0.25) is 11.8 Å². The maximum atomic E-state index is 12.9. The molecule has 0 spiro atoms. The Balaban J connectivity index is 1.47. The highest BCUT2D eigenvalue weighted by Crippen LogP contribution is 2.30. The summed E-state index contributed by atoms with van der Waals surface area (Å²) in [5.41, 5.74) is -0.800. The summed E-state index contributed by atoms with van der Waals surface area (Å²) >= 11 is 0. The molecule has 0 saturated heterocycles. The minimum atomic E-state index is -4.55. The van der Waals surface area contributed by atoms with E-state index in [0.29, 0.717) is 22.9 Å². The molecule has 0 unspecified atom stereocenters. The van der Waals surface area contributed by atoms with Gasteiger partial charge in [0.05, 0.1) is 11.8 Å². The van der Waals surface area contributed by atoms with Gasteiger partial charge in [-0.15, -0.1) is 5.10 Å². The van der Waals surface area contributed by atoms with Crippen LogP contribution >= 0.6 is 0 Å². The van der Waals surface area contributed by atoms with Crippen LogP contribution < -0.4 is 15.4 Å². The standard InChI is InChI=1S/C25H22F3N5O3/c1-24(2,3)23(35)31-19-14-33-20(30-19)10-11-21(32-33)36-18-9-5-8-17(13-18)29-22(34)15-6-4-7-16(12-15)25(26,27)28/h4-14H,1-3H3,(H,29,34)(H,31,35). The number of carbonyl (C=O) groups is 2. The first-order valence-electron chi connectivity index (χ1n) is 10.8. The van der Waals surface area contributed by atoms with Gasteiger partial charge in [-0.25, -0.2) is 9.50 Å². The number of halogens is 3. The molecule has 186 valence electrons. The third-order valence-electron chi connectivity index (χ3n) is 4.98. The van der Waals surface area contributed by atoms with Crippen molar-refractivity contribution in [1.82, 2.24) is 14.6 Å². The number of nitrogens with zero attached hydrogens (tertiary/aromatic N) is 3. The third-order valence-corrected chi connectivity index (χ3v) is 4.98. The lowest BCUT2D eigenvalue weighted by molar-refractivity contribution is -0.137. The number of anilines is 2. The van der Waals surface area contributed by atoms with Crippen molar-refractivity contribution in [2.45, 2.75) is 26.9 Å². The number of carbonyl (C=O) groups excluding carboxylic acids is 2. The topological polar surface area (TPSA) is 97.6 Å². The van der Waals surface area contributed by atoms with Gasteiger partial charge in [0.15, 0.2) is 11.5 Å². The average molecular weight is 497 g/mol. The first-order chi connectivity index (χ1) is 16.9. The van der Waals surface area contributed by atoms with Crippen LogP contribution in [-0.4, -0.2) is 26.4 Å². The molecule has 4 aromatic rings. The molecule has 2 N–H and O–H groups in total. The van der Waals surface area contributed by atoms with Crippen LogP contribution in [-0.2, 0) is 11.0 Å². The molecule has 2 heterocycles. The second-order valence-electron chi connectivity index (χ2n) is 8.97. The number of benzene rings is 2. The number of ether oxygens (including phenoxy) is 1. The van der Waals surface area contributed by atoms with Crippen LogP contribution in [0.2, 0.25) is 0 Å². The zero-order chi connectivity index (χ0) is 26.1. The maximum absolute atomic E-state index is 12.9. The second kappa shape index (κ2) is 9.33. The summed E-state index contributed by atoms with van der Waals surface area (Å²) in [5.74, 6) is 0.0197. The molecule has 0 bridgehead atoms. The van der Waals surface area contributed by atoms with Crippen molar-refractivity contribution in [1.29, 1.82) is 0 Å². The molecule has 0 aliphatic heterocycles. The molecule has 11 heteroatoms. The highest BCUT2D eigenvalue weighted by molar-refractivity contribution is 6.04. The molecule has 2 aromatic carbocycles. The molecule has 8 nitrogen and oxygen atoms in total. The molecule has 0 fully saturated rings. The Bertz CT molecular complexity index is 1440. The Kier molecular flexibility index (Phi) is 6.40. The van der Waals surface area contributed by atoms with Crippen LogP contribution in [0.1, 0.15) is 36.7 Å². The van der Waals surface area contributed by atoms with Gasteiger partial charge in [0.1, 0.15) is 5.75 Å². The average Bonchev–Trinajstić information content (AvgIpc) is 3.20. The molecule has 0 atom stereocenters. The van der Waals surface area contributed by atoms with E-state index >= 15 is 0 Å². The van der Waals surface area contributed by atoms with E-state index in [2.05, 4.69) is 20.7 Å². The van der Waals surface area contributed by atoms with E-state index in [4.69, 9.17) is 4.74 Å². The van der Waals surface area contributed by atoms with Gasteiger partial charge in [0.25, 0.3) is 5.91 Å². The maximum Gasteiger partial charge on any atom is 0.416 e. The first-order valence-corrected chi connectivity index (χ1v) is 10.8.